The van der Waals surface area contributed by atoms with Crippen molar-refractivity contribution in [3.8, 4) is 0 Å². The fourth-order valence-electron chi connectivity index (χ4n) is 2.74. The summed E-state index contributed by atoms with van der Waals surface area (Å²) in [6.45, 7) is 3.17. The molecule has 2 heterocycles. The molecule has 3 nitrogen and oxygen atoms in total. The van der Waals surface area contributed by atoms with E-state index in [1.807, 2.05) is 0 Å². The Morgan fingerprint density at radius 1 is 1.50 bits per heavy atom. The normalized spacial score (nSPS) is 18.0. The largest absolute Gasteiger partial charge is 0.322 e. The van der Waals surface area contributed by atoms with Crippen molar-refractivity contribution in [2.75, 3.05) is 18.4 Å². The average molecular weight is 339 g/mol. The van der Waals surface area contributed by atoms with Gasteiger partial charge >= 0.3 is 0 Å². The number of nitrogens with zero attached hydrogens (tertiary/aromatic N) is 1. The highest BCUT2D eigenvalue weighted by atomic mass is 35.5. The van der Waals surface area contributed by atoms with Crippen LogP contribution in [0.25, 0.3) is 0 Å². The monoisotopic (exact) mass is 338 g/mol. The number of anilines is 1. The smallest absolute Gasteiger partial charge is 0.238 e. The highest BCUT2D eigenvalue weighted by Crippen LogP contribution is 2.32. The zero-order chi connectivity index (χ0) is 15.7. The van der Waals surface area contributed by atoms with Crippen molar-refractivity contribution in [3.63, 3.8) is 0 Å². The fraction of sp³-hybridized carbons (Fsp3) is 0.312. The second-order valence-electron chi connectivity index (χ2n) is 5.37. The standard InChI is InChI=1S/C16H16ClFN2OS/c1-10-12-5-7-22-15(12)4-6-20(10)9-16(21)19-14-8-11(17)2-3-13(14)18/h2-3,5,7-8,10H,4,6,9H2,1H3,(H,19,21). The van der Waals surface area contributed by atoms with Crippen molar-refractivity contribution in [2.24, 2.45) is 0 Å². The lowest BCUT2D eigenvalue weighted by atomic mass is 10.0. The van der Waals surface area contributed by atoms with E-state index in [1.54, 1.807) is 11.3 Å². The molecule has 0 bridgehead atoms. The third kappa shape index (κ3) is 3.16. The summed E-state index contributed by atoms with van der Waals surface area (Å²) in [6.07, 6.45) is 0.955. The summed E-state index contributed by atoms with van der Waals surface area (Å²) in [6, 6.07) is 6.44. The summed E-state index contributed by atoms with van der Waals surface area (Å²) in [5, 5.41) is 5.08. The molecular weight excluding hydrogens is 323 g/mol. The molecule has 22 heavy (non-hydrogen) atoms. The number of carbonyl (C=O) groups is 1. The van der Waals surface area contributed by atoms with E-state index in [0.717, 1.165) is 13.0 Å². The van der Waals surface area contributed by atoms with Crippen LogP contribution in [-0.4, -0.2) is 23.9 Å². The SMILES string of the molecule is CC1c2ccsc2CCN1CC(=O)Nc1cc(Cl)ccc1F. The summed E-state index contributed by atoms with van der Waals surface area (Å²) in [5.74, 6) is -0.712. The number of fused-ring (bicyclic) bond motifs is 1. The predicted octanol–water partition coefficient (Wildman–Crippen LogP) is 4.10. The number of carbonyl (C=O) groups excluding carboxylic acids is 1. The number of hydrogen-bond acceptors (Lipinski definition) is 3. The van der Waals surface area contributed by atoms with Crippen molar-refractivity contribution in [3.05, 3.63) is 50.9 Å². The first-order chi connectivity index (χ1) is 10.5. The Balaban J connectivity index is 1.66. The summed E-state index contributed by atoms with van der Waals surface area (Å²) in [5.41, 5.74) is 1.41. The van der Waals surface area contributed by atoms with Crippen molar-refractivity contribution < 1.29 is 9.18 Å². The van der Waals surface area contributed by atoms with Gasteiger partial charge in [0.25, 0.3) is 0 Å². The van der Waals surface area contributed by atoms with Gasteiger partial charge in [0.2, 0.25) is 5.91 Å². The fourth-order valence-corrected chi connectivity index (χ4v) is 3.88. The minimum absolute atomic E-state index is 0.124. The quantitative estimate of drug-likeness (QED) is 0.913. The number of amides is 1. The lowest BCUT2D eigenvalue weighted by Crippen LogP contribution is -2.39. The first-order valence-corrected chi connectivity index (χ1v) is 8.35. The summed E-state index contributed by atoms with van der Waals surface area (Å²) in [7, 11) is 0. The van der Waals surface area contributed by atoms with Crippen LogP contribution in [-0.2, 0) is 11.2 Å². The molecule has 0 saturated carbocycles. The highest BCUT2D eigenvalue weighted by Gasteiger charge is 2.26. The molecule has 0 radical (unpaired) electrons. The topological polar surface area (TPSA) is 32.3 Å². The number of halogens is 2. The molecule has 1 aliphatic rings. The van der Waals surface area contributed by atoms with Gasteiger partial charge in [0.15, 0.2) is 0 Å². The molecule has 1 unspecified atom stereocenters. The first kappa shape index (κ1) is 15.5. The number of benzene rings is 1. The van der Waals surface area contributed by atoms with Crippen LogP contribution < -0.4 is 5.32 Å². The molecule has 1 aromatic heterocycles. The molecule has 1 aliphatic heterocycles. The first-order valence-electron chi connectivity index (χ1n) is 7.10. The maximum absolute atomic E-state index is 13.7. The van der Waals surface area contributed by atoms with Gasteiger partial charge in [-0.3, -0.25) is 9.69 Å². The van der Waals surface area contributed by atoms with E-state index < -0.39 is 5.82 Å². The third-order valence-corrected chi connectivity index (χ3v) is 5.18. The van der Waals surface area contributed by atoms with Gasteiger partial charge in [0, 0.05) is 22.5 Å². The lowest BCUT2D eigenvalue weighted by Gasteiger charge is -2.32. The van der Waals surface area contributed by atoms with E-state index in [9.17, 15) is 9.18 Å². The predicted molar refractivity (Wildman–Crippen MR) is 88.1 cm³/mol. The van der Waals surface area contributed by atoms with Gasteiger partial charge < -0.3 is 5.32 Å². The Bertz CT molecular complexity index is 703. The van der Waals surface area contributed by atoms with E-state index >= 15 is 0 Å². The number of hydrogen-bond donors (Lipinski definition) is 1. The van der Waals surface area contributed by atoms with Crippen LogP contribution in [0.15, 0.2) is 29.6 Å². The van der Waals surface area contributed by atoms with Crippen molar-refractivity contribution in [2.45, 2.75) is 19.4 Å². The van der Waals surface area contributed by atoms with Crippen LogP contribution in [0.5, 0.6) is 0 Å². The number of thiophene rings is 1. The van der Waals surface area contributed by atoms with Crippen LogP contribution in [0.3, 0.4) is 0 Å². The number of rotatable bonds is 3. The Kier molecular flexibility index (Phi) is 4.47. The van der Waals surface area contributed by atoms with E-state index in [2.05, 4.69) is 28.6 Å². The Labute approximate surface area is 137 Å². The Morgan fingerprint density at radius 3 is 3.14 bits per heavy atom. The second kappa shape index (κ2) is 6.36. The van der Waals surface area contributed by atoms with Crippen molar-refractivity contribution in [1.29, 1.82) is 0 Å². The molecule has 0 aliphatic carbocycles. The van der Waals surface area contributed by atoms with E-state index in [1.165, 1.54) is 28.6 Å². The lowest BCUT2D eigenvalue weighted by molar-refractivity contribution is -0.117. The Hall–Kier alpha value is -1.43. The van der Waals surface area contributed by atoms with Gasteiger partial charge in [0.05, 0.1) is 12.2 Å². The van der Waals surface area contributed by atoms with Gasteiger partial charge in [-0.25, -0.2) is 4.39 Å². The Morgan fingerprint density at radius 2 is 2.32 bits per heavy atom. The minimum Gasteiger partial charge on any atom is -0.322 e. The zero-order valence-electron chi connectivity index (χ0n) is 12.1. The maximum Gasteiger partial charge on any atom is 0.238 e. The molecule has 1 amide bonds. The maximum atomic E-state index is 13.7. The molecule has 6 heteroatoms. The molecule has 3 rings (SSSR count). The average Bonchev–Trinajstić information content (AvgIpc) is 2.95. The molecule has 116 valence electrons. The van der Waals surface area contributed by atoms with Gasteiger partial charge in [-0.15, -0.1) is 11.3 Å². The van der Waals surface area contributed by atoms with Crippen LogP contribution >= 0.6 is 22.9 Å². The van der Waals surface area contributed by atoms with E-state index in [4.69, 9.17) is 11.6 Å². The zero-order valence-corrected chi connectivity index (χ0v) is 13.7. The summed E-state index contributed by atoms with van der Waals surface area (Å²) >= 11 is 7.60. The van der Waals surface area contributed by atoms with Gasteiger partial charge in [-0.2, -0.15) is 0 Å². The molecule has 2 aromatic rings. The summed E-state index contributed by atoms with van der Waals surface area (Å²) < 4.78 is 13.7. The van der Waals surface area contributed by atoms with E-state index in [-0.39, 0.29) is 24.2 Å². The molecular formula is C16H16ClFN2OS. The highest BCUT2D eigenvalue weighted by molar-refractivity contribution is 7.10. The minimum atomic E-state index is -0.482. The molecule has 0 spiro atoms. The molecule has 0 saturated heterocycles. The van der Waals surface area contributed by atoms with Gasteiger partial charge in [-0.05, 0) is 48.6 Å². The van der Waals surface area contributed by atoms with Crippen LogP contribution in [0.4, 0.5) is 10.1 Å². The van der Waals surface area contributed by atoms with Crippen LogP contribution in [0.2, 0.25) is 5.02 Å². The molecule has 1 aromatic carbocycles. The molecule has 1 atom stereocenters. The number of nitrogens with one attached hydrogen (secondary N) is 1. The third-order valence-electron chi connectivity index (χ3n) is 3.95. The van der Waals surface area contributed by atoms with Crippen LogP contribution in [0.1, 0.15) is 23.4 Å². The molecule has 0 fully saturated rings. The van der Waals surface area contributed by atoms with Crippen molar-refractivity contribution >= 4 is 34.5 Å². The van der Waals surface area contributed by atoms with Gasteiger partial charge in [-0.1, -0.05) is 11.6 Å². The van der Waals surface area contributed by atoms with Gasteiger partial charge in [0.1, 0.15) is 5.82 Å². The van der Waals surface area contributed by atoms with Crippen LogP contribution in [0, 0.1) is 5.82 Å². The van der Waals surface area contributed by atoms with Crippen molar-refractivity contribution in [1.82, 2.24) is 4.90 Å². The molecule has 1 N–H and O–H groups in total. The van der Waals surface area contributed by atoms with E-state index in [0.29, 0.717) is 5.02 Å². The summed E-state index contributed by atoms with van der Waals surface area (Å²) in [4.78, 5) is 15.7. The second-order valence-corrected chi connectivity index (χ2v) is 6.81.